The summed E-state index contributed by atoms with van der Waals surface area (Å²) in [4.78, 5) is 24.8. The number of rotatable bonds is 4. The molecule has 0 bridgehead atoms. The molecule has 0 saturated carbocycles. The van der Waals surface area contributed by atoms with E-state index < -0.39 is 0 Å². The first-order valence-electron chi connectivity index (χ1n) is 9.28. The highest BCUT2D eigenvalue weighted by molar-refractivity contribution is 6.07. The smallest absolute Gasteiger partial charge is 0.301 e. The first-order chi connectivity index (χ1) is 13.2. The van der Waals surface area contributed by atoms with Gasteiger partial charge in [-0.05, 0) is 53.5 Å². The van der Waals surface area contributed by atoms with Gasteiger partial charge in [0.25, 0.3) is 5.91 Å². The number of hydrogen-bond acceptors (Lipinski definition) is 6. The van der Waals surface area contributed by atoms with Crippen LogP contribution in [-0.2, 0) is 6.42 Å². The molecule has 3 rings (SSSR count). The van der Waals surface area contributed by atoms with Crippen LogP contribution in [0.3, 0.4) is 0 Å². The first-order valence-corrected chi connectivity index (χ1v) is 9.28. The molecular formula is C20H26N4O4. The molecule has 0 radical (unpaired) electrons. The lowest BCUT2D eigenvalue weighted by molar-refractivity contribution is 0.0882. The zero-order chi connectivity index (χ0) is 20.5. The van der Waals surface area contributed by atoms with Crippen molar-refractivity contribution in [2.24, 2.45) is 5.10 Å². The standard InChI is InChI=1S/C20H26N4O4/c1-11-16-14(21-22-18(25)13-9-10-27-12(13)2)7-6-8-15(16)28-17(11)19(26)23-24-20(3,4)5/h9-10,24H,6-8H2,1-5H3,(H,22,25)(H,23,26)/b21-14+. The number of nitrogens with one attached hydrogen (secondary N) is 3. The minimum atomic E-state index is -0.334. The molecular weight excluding hydrogens is 360 g/mol. The molecule has 8 nitrogen and oxygen atoms in total. The van der Waals surface area contributed by atoms with Crippen LogP contribution in [0.2, 0.25) is 0 Å². The average molecular weight is 386 g/mol. The minimum absolute atomic E-state index is 0.258. The van der Waals surface area contributed by atoms with Crippen molar-refractivity contribution in [2.75, 3.05) is 0 Å². The topological polar surface area (TPSA) is 109 Å². The van der Waals surface area contributed by atoms with Crippen LogP contribution in [0.25, 0.3) is 0 Å². The molecule has 0 fully saturated rings. The highest BCUT2D eigenvalue weighted by Gasteiger charge is 2.28. The third-order valence-corrected chi connectivity index (χ3v) is 4.48. The third kappa shape index (κ3) is 4.17. The molecule has 0 unspecified atom stereocenters. The summed E-state index contributed by atoms with van der Waals surface area (Å²) in [6.45, 7) is 9.39. The number of carbonyl (C=O) groups excluding carboxylic acids is 2. The number of hydrazine groups is 1. The summed E-state index contributed by atoms with van der Waals surface area (Å²) in [5.74, 6) is 0.843. The van der Waals surface area contributed by atoms with Crippen molar-refractivity contribution in [3.8, 4) is 0 Å². The minimum Gasteiger partial charge on any atom is -0.469 e. The van der Waals surface area contributed by atoms with Crippen molar-refractivity contribution in [1.82, 2.24) is 16.3 Å². The highest BCUT2D eigenvalue weighted by Crippen LogP contribution is 2.29. The van der Waals surface area contributed by atoms with Crippen LogP contribution >= 0.6 is 0 Å². The second kappa shape index (κ2) is 7.63. The third-order valence-electron chi connectivity index (χ3n) is 4.48. The van der Waals surface area contributed by atoms with Gasteiger partial charge in [0, 0.05) is 23.1 Å². The predicted molar refractivity (Wildman–Crippen MR) is 104 cm³/mol. The largest absolute Gasteiger partial charge is 0.469 e. The summed E-state index contributed by atoms with van der Waals surface area (Å²) in [6, 6.07) is 1.60. The molecule has 150 valence electrons. The van der Waals surface area contributed by atoms with E-state index in [1.54, 1.807) is 13.0 Å². The maximum atomic E-state index is 12.5. The zero-order valence-electron chi connectivity index (χ0n) is 16.9. The van der Waals surface area contributed by atoms with E-state index in [1.165, 1.54) is 6.26 Å². The maximum Gasteiger partial charge on any atom is 0.301 e. The number of aryl methyl sites for hydroxylation is 2. The number of fused-ring (bicyclic) bond motifs is 1. The van der Waals surface area contributed by atoms with Crippen LogP contribution in [0, 0.1) is 13.8 Å². The van der Waals surface area contributed by atoms with Gasteiger partial charge >= 0.3 is 5.91 Å². The number of furan rings is 2. The van der Waals surface area contributed by atoms with Crippen molar-refractivity contribution < 1.29 is 18.4 Å². The predicted octanol–water partition coefficient (Wildman–Crippen LogP) is 2.99. The molecule has 1 aliphatic rings. The van der Waals surface area contributed by atoms with Crippen molar-refractivity contribution >= 4 is 17.5 Å². The lowest BCUT2D eigenvalue weighted by atomic mass is 9.93. The normalized spacial score (nSPS) is 15.4. The van der Waals surface area contributed by atoms with Gasteiger partial charge in [-0.15, -0.1) is 0 Å². The van der Waals surface area contributed by atoms with E-state index in [0.717, 1.165) is 29.7 Å². The molecule has 0 spiro atoms. The Bertz CT molecular complexity index is 931. The first kappa shape index (κ1) is 19.9. The van der Waals surface area contributed by atoms with Gasteiger partial charge < -0.3 is 8.83 Å². The Hall–Kier alpha value is -2.87. The number of carbonyl (C=O) groups is 2. The molecule has 2 heterocycles. The Morgan fingerprint density at radius 1 is 1.14 bits per heavy atom. The molecule has 0 atom stereocenters. The Balaban J connectivity index is 1.81. The van der Waals surface area contributed by atoms with Gasteiger partial charge in [0.05, 0.1) is 17.5 Å². The second-order valence-corrected chi connectivity index (χ2v) is 7.93. The van der Waals surface area contributed by atoms with Gasteiger partial charge in [-0.25, -0.2) is 10.9 Å². The van der Waals surface area contributed by atoms with Gasteiger partial charge in [0.1, 0.15) is 11.5 Å². The zero-order valence-corrected chi connectivity index (χ0v) is 16.9. The van der Waals surface area contributed by atoms with Crippen LogP contribution < -0.4 is 16.3 Å². The lowest BCUT2D eigenvalue weighted by Crippen LogP contribution is -2.48. The summed E-state index contributed by atoms with van der Waals surface area (Å²) >= 11 is 0. The van der Waals surface area contributed by atoms with Crippen molar-refractivity contribution in [3.63, 3.8) is 0 Å². The molecule has 2 aromatic heterocycles. The van der Waals surface area contributed by atoms with E-state index in [-0.39, 0.29) is 23.1 Å². The maximum absolute atomic E-state index is 12.5. The summed E-state index contributed by atoms with van der Waals surface area (Å²) in [7, 11) is 0. The summed E-state index contributed by atoms with van der Waals surface area (Å²) in [5, 5.41) is 4.31. The van der Waals surface area contributed by atoms with Crippen molar-refractivity contribution in [2.45, 2.75) is 59.4 Å². The molecule has 0 aromatic carbocycles. The molecule has 0 aliphatic heterocycles. The van der Waals surface area contributed by atoms with E-state index in [9.17, 15) is 9.59 Å². The fraction of sp³-hybridized carbons (Fsp3) is 0.450. The van der Waals surface area contributed by atoms with Crippen molar-refractivity contribution in [1.29, 1.82) is 0 Å². The average Bonchev–Trinajstić information content (AvgIpc) is 3.21. The quantitative estimate of drug-likeness (QED) is 0.700. The van der Waals surface area contributed by atoms with Gasteiger partial charge in [0.15, 0.2) is 5.76 Å². The molecule has 2 aromatic rings. The highest BCUT2D eigenvalue weighted by atomic mass is 16.4. The molecule has 1 aliphatic carbocycles. The summed E-state index contributed by atoms with van der Waals surface area (Å²) < 4.78 is 11.0. The second-order valence-electron chi connectivity index (χ2n) is 7.93. The van der Waals surface area contributed by atoms with Gasteiger partial charge in [-0.1, -0.05) is 0 Å². The molecule has 8 heteroatoms. The molecule has 28 heavy (non-hydrogen) atoms. The van der Waals surface area contributed by atoms with E-state index in [4.69, 9.17) is 8.83 Å². The Morgan fingerprint density at radius 2 is 1.89 bits per heavy atom. The van der Waals surface area contributed by atoms with Gasteiger partial charge in [0.2, 0.25) is 0 Å². The number of hydrazone groups is 1. The molecule has 2 amide bonds. The van der Waals surface area contributed by atoms with E-state index in [2.05, 4.69) is 21.4 Å². The molecule has 3 N–H and O–H groups in total. The van der Waals surface area contributed by atoms with E-state index >= 15 is 0 Å². The lowest BCUT2D eigenvalue weighted by Gasteiger charge is -2.20. The Labute approximate surface area is 163 Å². The van der Waals surface area contributed by atoms with Crippen LogP contribution in [0.5, 0.6) is 0 Å². The van der Waals surface area contributed by atoms with Crippen LogP contribution in [0.1, 0.15) is 77.2 Å². The molecule has 0 saturated heterocycles. The fourth-order valence-electron chi connectivity index (χ4n) is 3.10. The summed E-state index contributed by atoms with van der Waals surface area (Å²) in [6.07, 6.45) is 3.72. The van der Waals surface area contributed by atoms with E-state index in [0.29, 0.717) is 23.5 Å². The number of nitrogens with zero attached hydrogens (tertiary/aromatic N) is 1. The van der Waals surface area contributed by atoms with Gasteiger partial charge in [-0.3, -0.25) is 15.0 Å². The SMILES string of the molecule is Cc1occc1C(=O)N/N=C1\CCCc2oc(C(=O)NNC(C)(C)C)c(C)c21. The van der Waals surface area contributed by atoms with Crippen LogP contribution in [0.4, 0.5) is 0 Å². The van der Waals surface area contributed by atoms with Crippen LogP contribution in [0.15, 0.2) is 26.3 Å². The fourth-order valence-corrected chi connectivity index (χ4v) is 3.10. The Kier molecular flexibility index (Phi) is 5.42. The van der Waals surface area contributed by atoms with Crippen LogP contribution in [-0.4, -0.2) is 23.1 Å². The number of hydrogen-bond donors (Lipinski definition) is 3. The van der Waals surface area contributed by atoms with Crippen molar-refractivity contribution in [3.05, 3.63) is 46.3 Å². The van der Waals surface area contributed by atoms with Gasteiger partial charge in [-0.2, -0.15) is 5.10 Å². The monoisotopic (exact) mass is 386 g/mol. The summed E-state index contributed by atoms with van der Waals surface area (Å²) in [5.41, 5.74) is 10.6. The van der Waals surface area contributed by atoms with E-state index in [1.807, 2.05) is 27.7 Å². The number of amides is 2. The Morgan fingerprint density at radius 3 is 2.54 bits per heavy atom.